The third-order valence-electron chi connectivity index (χ3n) is 4.12. The van der Waals surface area contributed by atoms with E-state index in [0.29, 0.717) is 28.3 Å². The number of nitrogens with zero attached hydrogens (tertiary/aromatic N) is 3. The van der Waals surface area contributed by atoms with E-state index in [1.807, 2.05) is 17.0 Å². The van der Waals surface area contributed by atoms with Gasteiger partial charge in [-0.2, -0.15) is 0 Å². The van der Waals surface area contributed by atoms with E-state index in [2.05, 4.69) is 22.2 Å². The first-order valence-corrected chi connectivity index (χ1v) is 8.56. The molecule has 0 saturated carbocycles. The molecule has 0 spiro atoms. The smallest absolute Gasteiger partial charge is 0.272 e. The summed E-state index contributed by atoms with van der Waals surface area (Å²) in [5.74, 6) is 1.70. The number of carbonyl (C=O) groups is 1. The lowest BCUT2D eigenvalue weighted by Gasteiger charge is -2.30. The van der Waals surface area contributed by atoms with Gasteiger partial charge in [0, 0.05) is 29.9 Å². The van der Waals surface area contributed by atoms with E-state index >= 15 is 0 Å². The second-order valence-corrected chi connectivity index (χ2v) is 6.75. The van der Waals surface area contributed by atoms with Gasteiger partial charge in [-0.1, -0.05) is 18.5 Å². The van der Waals surface area contributed by atoms with Crippen LogP contribution in [0.2, 0.25) is 5.02 Å². The molecule has 2 heterocycles. The van der Waals surface area contributed by atoms with Crippen LogP contribution in [0, 0.1) is 12.8 Å². The van der Waals surface area contributed by atoms with Crippen molar-refractivity contribution >= 4 is 29.0 Å². The van der Waals surface area contributed by atoms with E-state index in [1.54, 1.807) is 25.1 Å². The van der Waals surface area contributed by atoms with E-state index in [0.717, 1.165) is 25.2 Å². The molecule has 1 fully saturated rings. The summed E-state index contributed by atoms with van der Waals surface area (Å²) in [5, 5.41) is 3.87. The maximum atomic E-state index is 12.7. The molecule has 5 nitrogen and oxygen atoms in total. The summed E-state index contributed by atoms with van der Waals surface area (Å²) in [5.41, 5.74) is 1.30. The van der Waals surface area contributed by atoms with Crippen LogP contribution < -0.4 is 5.32 Å². The lowest BCUT2D eigenvalue weighted by molar-refractivity contribution is 0.0676. The molecular weight excluding hydrogens is 324 g/mol. The van der Waals surface area contributed by atoms with Crippen molar-refractivity contribution < 1.29 is 4.79 Å². The average Bonchev–Trinajstić information content (AvgIpc) is 2.56. The van der Waals surface area contributed by atoms with Gasteiger partial charge in [0.2, 0.25) is 0 Å². The quantitative estimate of drug-likeness (QED) is 0.912. The molecule has 24 heavy (non-hydrogen) atoms. The fraction of sp³-hybridized carbons (Fsp3) is 0.389. The Hall–Kier alpha value is -2.14. The SMILES string of the molecule is Cc1nc(Nc2ccc(Cl)cc2)cc(C(=O)N2CCCC(C)C2)n1. The normalized spacial score (nSPS) is 17.6. The zero-order chi connectivity index (χ0) is 17.1. The zero-order valence-electron chi connectivity index (χ0n) is 13.9. The van der Waals surface area contributed by atoms with Crippen molar-refractivity contribution in [1.29, 1.82) is 0 Å². The lowest BCUT2D eigenvalue weighted by Crippen LogP contribution is -2.39. The second-order valence-electron chi connectivity index (χ2n) is 6.32. The van der Waals surface area contributed by atoms with Crippen LogP contribution in [-0.2, 0) is 0 Å². The first-order chi connectivity index (χ1) is 11.5. The highest BCUT2D eigenvalue weighted by molar-refractivity contribution is 6.30. The molecule has 0 bridgehead atoms. The largest absolute Gasteiger partial charge is 0.340 e. The third-order valence-corrected chi connectivity index (χ3v) is 4.37. The number of carbonyl (C=O) groups excluding carboxylic acids is 1. The van der Waals surface area contributed by atoms with E-state index in [9.17, 15) is 4.79 Å². The molecule has 1 aromatic carbocycles. The van der Waals surface area contributed by atoms with Crippen LogP contribution in [0.25, 0.3) is 0 Å². The molecule has 6 heteroatoms. The van der Waals surface area contributed by atoms with Gasteiger partial charge in [-0.15, -0.1) is 0 Å². The molecule has 2 aromatic rings. The molecule has 1 aliphatic heterocycles. The number of nitrogens with one attached hydrogen (secondary N) is 1. The van der Waals surface area contributed by atoms with E-state index in [-0.39, 0.29) is 5.91 Å². The van der Waals surface area contributed by atoms with Crippen molar-refractivity contribution in [2.24, 2.45) is 5.92 Å². The van der Waals surface area contributed by atoms with Crippen LogP contribution in [-0.4, -0.2) is 33.9 Å². The van der Waals surface area contributed by atoms with Gasteiger partial charge in [0.25, 0.3) is 5.91 Å². The van der Waals surface area contributed by atoms with E-state index in [1.165, 1.54) is 6.42 Å². The van der Waals surface area contributed by atoms with Crippen LogP contribution in [0.1, 0.15) is 36.1 Å². The molecular formula is C18H21ClN4O. The van der Waals surface area contributed by atoms with Gasteiger partial charge in [-0.05, 0) is 49.9 Å². The molecule has 3 rings (SSSR count). The molecule has 1 saturated heterocycles. The maximum Gasteiger partial charge on any atom is 0.272 e. The Kier molecular flexibility index (Phi) is 5.00. The molecule has 1 aromatic heterocycles. The topological polar surface area (TPSA) is 58.1 Å². The molecule has 126 valence electrons. The van der Waals surface area contributed by atoms with E-state index in [4.69, 9.17) is 11.6 Å². The number of rotatable bonds is 3. The minimum absolute atomic E-state index is 0.0220. The Labute approximate surface area is 147 Å². The number of amides is 1. The fourth-order valence-corrected chi connectivity index (χ4v) is 3.08. The molecule has 1 atom stereocenters. The molecule has 1 amide bonds. The zero-order valence-corrected chi connectivity index (χ0v) is 14.7. The minimum Gasteiger partial charge on any atom is -0.340 e. The predicted molar refractivity (Wildman–Crippen MR) is 95.8 cm³/mol. The molecule has 1 N–H and O–H groups in total. The second kappa shape index (κ2) is 7.18. The summed E-state index contributed by atoms with van der Waals surface area (Å²) in [6, 6.07) is 9.06. The number of piperidine rings is 1. The highest BCUT2D eigenvalue weighted by Gasteiger charge is 2.23. The summed E-state index contributed by atoms with van der Waals surface area (Å²) >= 11 is 5.90. The van der Waals surface area contributed by atoms with Gasteiger partial charge in [-0.3, -0.25) is 4.79 Å². The minimum atomic E-state index is -0.0220. The third kappa shape index (κ3) is 4.03. The number of anilines is 2. The highest BCUT2D eigenvalue weighted by Crippen LogP contribution is 2.21. The predicted octanol–water partition coefficient (Wildman–Crippen LogP) is 4.05. The number of aryl methyl sites for hydroxylation is 1. The van der Waals surface area contributed by atoms with Gasteiger partial charge in [0.15, 0.2) is 0 Å². The summed E-state index contributed by atoms with van der Waals surface area (Å²) in [6.45, 7) is 5.56. The van der Waals surface area contributed by atoms with Crippen molar-refractivity contribution in [3.8, 4) is 0 Å². The van der Waals surface area contributed by atoms with Crippen LogP contribution in [0.4, 0.5) is 11.5 Å². The number of aromatic nitrogens is 2. The van der Waals surface area contributed by atoms with Crippen molar-refractivity contribution in [2.45, 2.75) is 26.7 Å². The Morgan fingerprint density at radius 3 is 2.75 bits per heavy atom. The summed E-state index contributed by atoms with van der Waals surface area (Å²) in [4.78, 5) is 23.3. The standard InChI is InChI=1S/C18H21ClN4O/c1-12-4-3-9-23(11-12)18(24)16-10-17(21-13(2)20-16)22-15-7-5-14(19)6-8-15/h5-8,10,12H,3-4,9,11H2,1-2H3,(H,20,21,22). The monoisotopic (exact) mass is 344 g/mol. The number of hydrogen-bond donors (Lipinski definition) is 1. The van der Waals surface area contributed by atoms with Crippen molar-refractivity contribution in [3.63, 3.8) is 0 Å². The summed E-state index contributed by atoms with van der Waals surface area (Å²) < 4.78 is 0. The number of halogens is 1. The first kappa shape index (κ1) is 16.7. The Bertz CT molecular complexity index is 732. The van der Waals surface area contributed by atoms with Gasteiger partial charge in [0.05, 0.1) is 0 Å². The van der Waals surface area contributed by atoms with Crippen molar-refractivity contribution in [2.75, 3.05) is 18.4 Å². The van der Waals surface area contributed by atoms with Crippen LogP contribution in [0.5, 0.6) is 0 Å². The van der Waals surface area contributed by atoms with Gasteiger partial charge < -0.3 is 10.2 Å². The van der Waals surface area contributed by atoms with Crippen LogP contribution in [0.15, 0.2) is 30.3 Å². The number of benzene rings is 1. The van der Waals surface area contributed by atoms with Gasteiger partial charge >= 0.3 is 0 Å². The molecule has 1 aliphatic rings. The van der Waals surface area contributed by atoms with Crippen LogP contribution >= 0.6 is 11.6 Å². The van der Waals surface area contributed by atoms with Crippen LogP contribution in [0.3, 0.4) is 0 Å². The maximum absolute atomic E-state index is 12.7. The molecule has 0 radical (unpaired) electrons. The fourth-order valence-electron chi connectivity index (χ4n) is 2.96. The van der Waals surface area contributed by atoms with Gasteiger partial charge in [0.1, 0.15) is 17.3 Å². The summed E-state index contributed by atoms with van der Waals surface area (Å²) in [6.07, 6.45) is 2.23. The Morgan fingerprint density at radius 1 is 1.29 bits per heavy atom. The molecule has 1 unspecified atom stereocenters. The highest BCUT2D eigenvalue weighted by atomic mass is 35.5. The Morgan fingerprint density at radius 2 is 2.04 bits per heavy atom. The summed E-state index contributed by atoms with van der Waals surface area (Å²) in [7, 11) is 0. The first-order valence-electron chi connectivity index (χ1n) is 8.19. The average molecular weight is 345 g/mol. The molecule has 0 aliphatic carbocycles. The van der Waals surface area contributed by atoms with Gasteiger partial charge in [-0.25, -0.2) is 9.97 Å². The number of likely N-dealkylation sites (tertiary alicyclic amines) is 1. The van der Waals surface area contributed by atoms with Crippen molar-refractivity contribution in [3.05, 3.63) is 46.9 Å². The lowest BCUT2D eigenvalue weighted by atomic mass is 10.00. The Balaban J connectivity index is 1.80. The number of hydrogen-bond acceptors (Lipinski definition) is 4. The van der Waals surface area contributed by atoms with E-state index < -0.39 is 0 Å². The van der Waals surface area contributed by atoms with Crippen molar-refractivity contribution in [1.82, 2.24) is 14.9 Å².